The highest BCUT2D eigenvalue weighted by molar-refractivity contribution is 5.01. The number of likely N-dealkylation sites (tertiary alicyclic amines) is 1. The molecule has 2 aliphatic carbocycles. The zero-order valence-electron chi connectivity index (χ0n) is 13.6. The van der Waals surface area contributed by atoms with Crippen LogP contribution in [0.1, 0.15) is 71.6 Å². The molecule has 2 saturated carbocycles. The van der Waals surface area contributed by atoms with Crippen LogP contribution in [0.3, 0.4) is 0 Å². The van der Waals surface area contributed by atoms with Gasteiger partial charge in [-0.3, -0.25) is 4.90 Å². The Labute approximate surface area is 125 Å². The van der Waals surface area contributed by atoms with Gasteiger partial charge in [-0.15, -0.1) is 0 Å². The number of nitrogens with zero attached hydrogens (tertiary/aromatic N) is 1. The maximum atomic E-state index is 6.82. The van der Waals surface area contributed by atoms with Crippen LogP contribution in [0.25, 0.3) is 0 Å². The van der Waals surface area contributed by atoms with Crippen LogP contribution in [0, 0.1) is 17.8 Å². The molecule has 0 aromatic rings. The van der Waals surface area contributed by atoms with Gasteiger partial charge >= 0.3 is 0 Å². The molecule has 4 atom stereocenters. The molecular weight excluding hydrogens is 244 g/mol. The fourth-order valence-electron chi connectivity index (χ4n) is 5.83. The molecule has 1 saturated heterocycles. The van der Waals surface area contributed by atoms with E-state index in [1.807, 2.05) is 0 Å². The molecule has 4 unspecified atom stereocenters. The minimum Gasteiger partial charge on any atom is -0.326 e. The van der Waals surface area contributed by atoms with Crippen molar-refractivity contribution >= 4 is 0 Å². The van der Waals surface area contributed by atoms with E-state index in [0.29, 0.717) is 11.6 Å². The first-order chi connectivity index (χ1) is 9.69. The smallest absolute Gasteiger partial charge is 0.0355 e. The third kappa shape index (κ3) is 2.43. The van der Waals surface area contributed by atoms with Crippen LogP contribution in [0.15, 0.2) is 0 Å². The van der Waals surface area contributed by atoms with Gasteiger partial charge in [-0.25, -0.2) is 0 Å². The Morgan fingerprint density at radius 2 is 1.80 bits per heavy atom. The molecule has 1 aliphatic heterocycles. The Bertz CT molecular complexity index is 317. The highest BCUT2D eigenvalue weighted by Crippen LogP contribution is 2.50. The molecule has 2 heteroatoms. The van der Waals surface area contributed by atoms with E-state index in [0.717, 1.165) is 17.8 Å². The fourth-order valence-corrected chi connectivity index (χ4v) is 5.83. The SMILES string of the molecule is CCC(CC)(C(N)CC1CC2CCC1C2)N1CCCC1. The Morgan fingerprint density at radius 3 is 2.30 bits per heavy atom. The zero-order chi connectivity index (χ0) is 14.2. The van der Waals surface area contributed by atoms with Crippen LogP contribution in [0.5, 0.6) is 0 Å². The predicted molar refractivity (Wildman–Crippen MR) is 85.7 cm³/mol. The van der Waals surface area contributed by atoms with E-state index in [1.54, 1.807) is 0 Å². The van der Waals surface area contributed by atoms with Crippen LogP contribution in [-0.2, 0) is 0 Å². The van der Waals surface area contributed by atoms with Crippen molar-refractivity contribution in [3.8, 4) is 0 Å². The maximum Gasteiger partial charge on any atom is 0.0355 e. The van der Waals surface area contributed by atoms with E-state index in [9.17, 15) is 0 Å². The molecule has 116 valence electrons. The van der Waals surface area contributed by atoms with Gasteiger partial charge in [-0.1, -0.05) is 20.3 Å². The molecule has 3 fully saturated rings. The normalized spacial score (nSPS) is 35.9. The highest BCUT2D eigenvalue weighted by Gasteiger charge is 2.45. The van der Waals surface area contributed by atoms with E-state index >= 15 is 0 Å². The summed E-state index contributed by atoms with van der Waals surface area (Å²) in [6.45, 7) is 7.29. The number of hydrogen-bond acceptors (Lipinski definition) is 2. The summed E-state index contributed by atoms with van der Waals surface area (Å²) < 4.78 is 0. The molecule has 0 radical (unpaired) electrons. The third-order valence-electron chi connectivity index (χ3n) is 7.09. The minimum atomic E-state index is 0.290. The van der Waals surface area contributed by atoms with Crippen molar-refractivity contribution < 1.29 is 0 Å². The average molecular weight is 278 g/mol. The van der Waals surface area contributed by atoms with Gasteiger partial charge < -0.3 is 5.73 Å². The molecule has 0 amide bonds. The lowest BCUT2D eigenvalue weighted by Gasteiger charge is -2.46. The van der Waals surface area contributed by atoms with Gasteiger partial charge in [0.25, 0.3) is 0 Å². The van der Waals surface area contributed by atoms with Gasteiger partial charge in [-0.05, 0) is 82.2 Å². The van der Waals surface area contributed by atoms with Gasteiger partial charge in [0.15, 0.2) is 0 Å². The molecule has 3 aliphatic rings. The predicted octanol–water partition coefficient (Wildman–Crippen LogP) is 3.79. The van der Waals surface area contributed by atoms with Crippen molar-refractivity contribution in [2.45, 2.75) is 83.2 Å². The Hall–Kier alpha value is -0.0800. The number of nitrogens with two attached hydrogens (primary N) is 1. The van der Waals surface area contributed by atoms with Crippen molar-refractivity contribution in [3.63, 3.8) is 0 Å². The van der Waals surface area contributed by atoms with Gasteiger partial charge in [0.2, 0.25) is 0 Å². The van der Waals surface area contributed by atoms with Crippen molar-refractivity contribution in [1.82, 2.24) is 4.90 Å². The van der Waals surface area contributed by atoms with Crippen LogP contribution < -0.4 is 5.73 Å². The van der Waals surface area contributed by atoms with Crippen LogP contribution in [0.4, 0.5) is 0 Å². The molecule has 0 aromatic heterocycles. The summed E-state index contributed by atoms with van der Waals surface area (Å²) in [5.74, 6) is 3.03. The number of rotatable bonds is 6. The molecule has 2 nitrogen and oxygen atoms in total. The quantitative estimate of drug-likeness (QED) is 0.801. The topological polar surface area (TPSA) is 29.3 Å². The summed E-state index contributed by atoms with van der Waals surface area (Å²) in [4.78, 5) is 2.74. The lowest BCUT2D eigenvalue weighted by Crippen LogP contribution is -2.59. The second-order valence-corrected chi connectivity index (χ2v) is 7.78. The molecular formula is C18H34N2. The molecule has 0 spiro atoms. The molecule has 2 N–H and O–H groups in total. The standard InChI is InChI=1S/C18H34N2/c1-3-18(4-2,20-9-5-6-10-20)17(19)13-16-12-14-7-8-15(16)11-14/h14-17H,3-13,19H2,1-2H3. The molecule has 0 aromatic carbocycles. The van der Waals surface area contributed by atoms with Crippen molar-refractivity contribution in [2.75, 3.05) is 13.1 Å². The first kappa shape index (κ1) is 14.8. The second-order valence-electron chi connectivity index (χ2n) is 7.78. The number of fused-ring (bicyclic) bond motifs is 2. The Balaban J connectivity index is 1.67. The zero-order valence-corrected chi connectivity index (χ0v) is 13.6. The first-order valence-corrected chi connectivity index (χ1v) is 9.20. The van der Waals surface area contributed by atoms with E-state index in [1.165, 1.54) is 70.9 Å². The lowest BCUT2D eigenvalue weighted by molar-refractivity contribution is 0.0629. The monoisotopic (exact) mass is 278 g/mol. The summed E-state index contributed by atoms with van der Waals surface area (Å²) in [7, 11) is 0. The fraction of sp³-hybridized carbons (Fsp3) is 1.00. The second kappa shape index (κ2) is 5.96. The van der Waals surface area contributed by atoms with Crippen molar-refractivity contribution in [2.24, 2.45) is 23.5 Å². The van der Waals surface area contributed by atoms with Crippen LogP contribution in [-0.4, -0.2) is 29.6 Å². The molecule has 20 heavy (non-hydrogen) atoms. The van der Waals surface area contributed by atoms with E-state index in [-0.39, 0.29) is 0 Å². The summed E-state index contributed by atoms with van der Waals surface area (Å²) in [5.41, 5.74) is 7.11. The van der Waals surface area contributed by atoms with Crippen LogP contribution in [0.2, 0.25) is 0 Å². The summed E-state index contributed by atoms with van der Waals surface area (Å²) in [6.07, 6.45) is 12.5. The summed E-state index contributed by atoms with van der Waals surface area (Å²) in [6, 6.07) is 0.389. The summed E-state index contributed by atoms with van der Waals surface area (Å²) >= 11 is 0. The van der Waals surface area contributed by atoms with Crippen molar-refractivity contribution in [3.05, 3.63) is 0 Å². The van der Waals surface area contributed by atoms with E-state index < -0.39 is 0 Å². The Kier molecular flexibility index (Phi) is 4.42. The highest BCUT2D eigenvalue weighted by atomic mass is 15.2. The van der Waals surface area contributed by atoms with E-state index in [4.69, 9.17) is 5.73 Å². The Morgan fingerprint density at radius 1 is 1.10 bits per heavy atom. The average Bonchev–Trinajstić information content (AvgIpc) is 3.18. The maximum absolute atomic E-state index is 6.82. The van der Waals surface area contributed by atoms with Gasteiger partial charge in [0, 0.05) is 11.6 Å². The van der Waals surface area contributed by atoms with E-state index in [2.05, 4.69) is 18.7 Å². The molecule has 3 rings (SSSR count). The van der Waals surface area contributed by atoms with Crippen molar-refractivity contribution in [1.29, 1.82) is 0 Å². The summed E-state index contributed by atoms with van der Waals surface area (Å²) in [5, 5.41) is 0. The number of hydrogen-bond donors (Lipinski definition) is 1. The molecule has 2 bridgehead atoms. The van der Waals surface area contributed by atoms with Gasteiger partial charge in [0.1, 0.15) is 0 Å². The largest absolute Gasteiger partial charge is 0.326 e. The van der Waals surface area contributed by atoms with Gasteiger partial charge in [-0.2, -0.15) is 0 Å². The first-order valence-electron chi connectivity index (χ1n) is 9.20. The minimum absolute atomic E-state index is 0.290. The van der Waals surface area contributed by atoms with Crippen LogP contribution >= 0.6 is 0 Å². The lowest BCUT2D eigenvalue weighted by atomic mass is 9.75. The molecule has 1 heterocycles. The third-order valence-corrected chi connectivity index (χ3v) is 7.09. The van der Waals surface area contributed by atoms with Gasteiger partial charge in [0.05, 0.1) is 0 Å².